The van der Waals surface area contributed by atoms with Gasteiger partial charge >= 0.3 is 5.97 Å². The predicted octanol–water partition coefficient (Wildman–Crippen LogP) is 3.56. The lowest BCUT2D eigenvalue weighted by Gasteiger charge is -2.08. The molecule has 1 unspecified atom stereocenters. The summed E-state index contributed by atoms with van der Waals surface area (Å²) < 4.78 is 52.3. The van der Waals surface area contributed by atoms with Crippen molar-refractivity contribution in [2.24, 2.45) is 0 Å². The average molecular weight is 632 g/mol. The maximum Gasteiger partial charge on any atom is 0.305 e. The molecule has 2 aromatic heterocycles. The van der Waals surface area contributed by atoms with Crippen LogP contribution in [0.25, 0.3) is 33.6 Å². The maximum absolute atomic E-state index is 11.4. The summed E-state index contributed by atoms with van der Waals surface area (Å²) in [5.74, 6) is 0.678. The topological polar surface area (TPSA) is 140 Å². The summed E-state index contributed by atoms with van der Waals surface area (Å²) in [5.41, 5.74) is 3.19. The summed E-state index contributed by atoms with van der Waals surface area (Å²) in [5, 5.41) is 9.66. The Labute approximate surface area is 258 Å². The molecule has 0 aliphatic carbocycles. The summed E-state index contributed by atoms with van der Waals surface area (Å²) in [4.78, 5) is 15.2. The number of carbonyl (C=O) groups is 1. The molecule has 0 aliphatic heterocycles. The van der Waals surface area contributed by atoms with Gasteiger partial charge in [0, 0.05) is 23.6 Å². The first-order valence-electron chi connectivity index (χ1n) is 14.5. The lowest BCUT2D eigenvalue weighted by atomic mass is 10.2. The molecule has 13 heteroatoms. The smallest absolute Gasteiger partial charge is 0.305 e. The number of benzene rings is 2. The SMILES string of the molecule is COS(=O)CCCOc1ccc2nc(-c3ccc4ccccc4[n+]3CCOCCOCCOCCOCCC(=O)O)oc2c1. The van der Waals surface area contributed by atoms with Crippen LogP contribution in [0.4, 0.5) is 0 Å². The van der Waals surface area contributed by atoms with E-state index in [1.54, 1.807) is 0 Å². The molecular weight excluding hydrogens is 592 g/mol. The first-order valence-corrected chi connectivity index (χ1v) is 15.7. The number of carboxylic acids is 1. The second kappa shape index (κ2) is 18.4. The van der Waals surface area contributed by atoms with Gasteiger partial charge in [-0.05, 0) is 30.7 Å². The molecule has 0 radical (unpaired) electrons. The molecule has 12 nitrogen and oxygen atoms in total. The van der Waals surface area contributed by atoms with Crippen molar-refractivity contribution in [3.63, 3.8) is 0 Å². The molecule has 0 saturated carbocycles. The van der Waals surface area contributed by atoms with Crippen LogP contribution in [-0.4, -0.2) is 92.6 Å². The lowest BCUT2D eigenvalue weighted by molar-refractivity contribution is -0.663. The Hall–Kier alpha value is -3.46. The molecule has 44 heavy (non-hydrogen) atoms. The van der Waals surface area contributed by atoms with Gasteiger partial charge in [0.2, 0.25) is 5.52 Å². The van der Waals surface area contributed by atoms with Crippen LogP contribution in [0.1, 0.15) is 12.8 Å². The zero-order chi connectivity index (χ0) is 31.0. The third-order valence-electron chi connectivity index (χ3n) is 6.46. The van der Waals surface area contributed by atoms with Gasteiger partial charge in [-0.25, -0.2) is 9.19 Å². The number of nitrogens with zero attached hydrogens (tertiary/aromatic N) is 2. The third kappa shape index (κ3) is 10.6. The van der Waals surface area contributed by atoms with E-state index in [2.05, 4.69) is 16.7 Å². The minimum Gasteiger partial charge on any atom is -0.493 e. The molecule has 0 aliphatic rings. The molecule has 0 bridgehead atoms. The van der Waals surface area contributed by atoms with Gasteiger partial charge in [-0.1, -0.05) is 12.1 Å². The summed E-state index contributed by atoms with van der Waals surface area (Å²) in [6.45, 7) is 4.10. The molecule has 0 spiro atoms. The monoisotopic (exact) mass is 631 g/mol. The molecule has 4 aromatic rings. The normalized spacial score (nSPS) is 12.2. The number of aromatic nitrogens is 2. The van der Waals surface area contributed by atoms with Crippen molar-refractivity contribution >= 4 is 39.1 Å². The number of hydrogen-bond donors (Lipinski definition) is 1. The van der Waals surface area contributed by atoms with Crippen molar-refractivity contribution in [3.05, 3.63) is 54.6 Å². The summed E-state index contributed by atoms with van der Waals surface area (Å²) in [6.07, 6.45) is 0.592. The Morgan fingerprint density at radius 1 is 0.886 bits per heavy atom. The van der Waals surface area contributed by atoms with Gasteiger partial charge in [0.15, 0.2) is 23.2 Å². The molecule has 2 heterocycles. The van der Waals surface area contributed by atoms with E-state index in [0.717, 1.165) is 22.1 Å². The summed E-state index contributed by atoms with van der Waals surface area (Å²) >= 11 is -1.29. The second-order valence-electron chi connectivity index (χ2n) is 9.55. The molecular formula is C31H39N2O10S+. The van der Waals surface area contributed by atoms with E-state index in [1.165, 1.54) is 7.11 Å². The van der Waals surface area contributed by atoms with Gasteiger partial charge in [0.05, 0.1) is 72.1 Å². The number of aliphatic carboxylic acids is 1. The third-order valence-corrected chi connectivity index (χ3v) is 7.46. The number of fused-ring (bicyclic) bond motifs is 2. The fraction of sp³-hybridized carbons (Fsp3) is 0.452. The van der Waals surface area contributed by atoms with Gasteiger partial charge in [0.25, 0.3) is 11.6 Å². The average Bonchev–Trinajstić information content (AvgIpc) is 3.46. The van der Waals surface area contributed by atoms with Crippen molar-refractivity contribution < 1.29 is 51.0 Å². The molecule has 2 aromatic carbocycles. The van der Waals surface area contributed by atoms with Crippen molar-refractivity contribution in [3.8, 4) is 17.3 Å². The van der Waals surface area contributed by atoms with Gasteiger partial charge in [0.1, 0.15) is 17.9 Å². The van der Waals surface area contributed by atoms with E-state index >= 15 is 0 Å². The van der Waals surface area contributed by atoms with Crippen LogP contribution in [0, 0.1) is 0 Å². The maximum atomic E-state index is 11.4. The van der Waals surface area contributed by atoms with E-state index in [9.17, 15) is 9.00 Å². The van der Waals surface area contributed by atoms with Gasteiger partial charge < -0.3 is 33.2 Å². The molecule has 1 N–H and O–H groups in total. The Kier molecular flexibility index (Phi) is 14.0. The van der Waals surface area contributed by atoms with Crippen molar-refractivity contribution in [2.45, 2.75) is 19.4 Å². The van der Waals surface area contributed by atoms with Crippen molar-refractivity contribution in [1.29, 1.82) is 0 Å². The van der Waals surface area contributed by atoms with Gasteiger partial charge in [-0.3, -0.25) is 8.98 Å². The highest BCUT2D eigenvalue weighted by molar-refractivity contribution is 7.80. The van der Waals surface area contributed by atoms with Crippen molar-refractivity contribution in [2.75, 3.05) is 72.3 Å². The van der Waals surface area contributed by atoms with Crippen molar-refractivity contribution in [1.82, 2.24) is 4.98 Å². The van der Waals surface area contributed by atoms with Crippen LogP contribution in [-0.2, 0) is 45.6 Å². The highest BCUT2D eigenvalue weighted by Gasteiger charge is 2.22. The highest BCUT2D eigenvalue weighted by atomic mass is 32.2. The highest BCUT2D eigenvalue weighted by Crippen LogP contribution is 2.27. The fourth-order valence-electron chi connectivity index (χ4n) is 4.32. The molecule has 0 saturated heterocycles. The first-order chi connectivity index (χ1) is 21.5. The number of hydrogen-bond acceptors (Lipinski definition) is 10. The van der Waals surface area contributed by atoms with E-state index in [0.29, 0.717) is 88.8 Å². The molecule has 0 amide bonds. The number of para-hydroxylation sites is 1. The van der Waals surface area contributed by atoms with E-state index in [4.69, 9.17) is 42.4 Å². The fourth-order valence-corrected chi connectivity index (χ4v) is 4.84. The molecule has 238 valence electrons. The zero-order valence-corrected chi connectivity index (χ0v) is 25.6. The second-order valence-corrected chi connectivity index (χ2v) is 10.9. The van der Waals surface area contributed by atoms with E-state index in [-0.39, 0.29) is 13.0 Å². The van der Waals surface area contributed by atoms with Crippen LogP contribution >= 0.6 is 0 Å². The molecule has 1 atom stereocenters. The number of rotatable bonds is 22. The first kappa shape index (κ1) is 33.4. The molecule has 4 rings (SSSR count). The van der Waals surface area contributed by atoms with Crippen LogP contribution in [0.3, 0.4) is 0 Å². The number of ether oxygens (including phenoxy) is 5. The number of oxazole rings is 1. The Balaban J connectivity index is 1.27. The van der Waals surface area contributed by atoms with Crippen LogP contribution in [0.5, 0.6) is 5.75 Å². The standard InChI is InChI=1S/C31H38N2O10S/c1-37-44(36)22-4-13-42-25-8-9-26-29(23-25)43-31(32-26)28-10-7-24-5-2-3-6-27(24)33(28)12-15-39-17-19-41-21-20-40-18-16-38-14-11-30(34)35/h2-3,5-10,23H,4,11-22H2,1H3/p+1. The zero-order valence-electron chi connectivity index (χ0n) is 24.8. The van der Waals surface area contributed by atoms with Gasteiger partial charge in [-0.15, -0.1) is 0 Å². The quantitative estimate of drug-likeness (QED) is 0.101. The Bertz CT molecular complexity index is 1500. The summed E-state index contributed by atoms with van der Waals surface area (Å²) in [6, 6.07) is 17.7. The Morgan fingerprint density at radius 2 is 1.59 bits per heavy atom. The van der Waals surface area contributed by atoms with Crippen LogP contribution < -0.4 is 9.30 Å². The number of carboxylic acid groups (broad SMARTS) is 1. The van der Waals surface area contributed by atoms with Crippen LogP contribution in [0.2, 0.25) is 0 Å². The van der Waals surface area contributed by atoms with E-state index < -0.39 is 17.0 Å². The lowest BCUT2D eigenvalue weighted by Crippen LogP contribution is -2.39. The van der Waals surface area contributed by atoms with Gasteiger partial charge in [-0.2, -0.15) is 4.57 Å². The predicted molar refractivity (Wildman–Crippen MR) is 163 cm³/mol. The Morgan fingerprint density at radius 3 is 2.32 bits per heavy atom. The number of pyridine rings is 1. The minimum absolute atomic E-state index is 0.0137. The minimum atomic E-state index is -1.29. The van der Waals surface area contributed by atoms with E-state index in [1.807, 2.05) is 42.5 Å². The van der Waals surface area contributed by atoms with Crippen LogP contribution in [0.15, 0.2) is 59.0 Å². The largest absolute Gasteiger partial charge is 0.493 e. The molecule has 0 fully saturated rings. The summed E-state index contributed by atoms with van der Waals surface area (Å²) in [7, 11) is 1.42.